The number of ether oxygens (including phenoxy) is 1. The monoisotopic (exact) mass is 506 g/mol. The first-order valence-electron chi connectivity index (χ1n) is 13.1. The van der Waals surface area contributed by atoms with Crippen LogP contribution in [0.1, 0.15) is 63.1 Å². The van der Waals surface area contributed by atoms with Crippen molar-refractivity contribution >= 4 is 17.2 Å². The van der Waals surface area contributed by atoms with Crippen LogP contribution in [0.25, 0.3) is 16.9 Å². The maximum Gasteiger partial charge on any atom is 0.225 e. The minimum atomic E-state index is -0.800. The summed E-state index contributed by atoms with van der Waals surface area (Å²) in [5.41, 5.74) is 1.73. The lowest BCUT2D eigenvalue weighted by atomic mass is 9.95. The first-order valence-corrected chi connectivity index (χ1v) is 13.1. The highest BCUT2D eigenvalue weighted by atomic mass is 19.1. The van der Waals surface area contributed by atoms with E-state index in [1.807, 2.05) is 29.7 Å². The molecule has 1 aliphatic carbocycles. The maximum atomic E-state index is 15.5. The third kappa shape index (κ3) is 5.52. The number of imidazole rings is 1. The van der Waals surface area contributed by atoms with E-state index in [1.54, 1.807) is 0 Å². The summed E-state index contributed by atoms with van der Waals surface area (Å²) in [4.78, 5) is 17.0. The predicted molar refractivity (Wildman–Crippen MR) is 137 cm³/mol. The second-order valence-electron chi connectivity index (χ2n) is 10.8. The van der Waals surface area contributed by atoms with Gasteiger partial charge in [0.1, 0.15) is 17.3 Å². The van der Waals surface area contributed by atoms with Gasteiger partial charge in [0, 0.05) is 31.3 Å². The van der Waals surface area contributed by atoms with Crippen molar-refractivity contribution in [2.24, 2.45) is 11.3 Å². The lowest BCUT2D eigenvalue weighted by molar-refractivity contribution is -0.116. The third-order valence-corrected chi connectivity index (χ3v) is 7.64. The fourth-order valence-corrected chi connectivity index (χ4v) is 5.19. The standard InChI is InChI=1S/C29H32F2N4O2/c1-18-4-3-5-21(37-11-7-18)15-24-28(34-25-12-19(2)6-10-35(24)25)27-22(30)13-20(14-23(27)31)33-26(36)16-29(17-32)8-9-29/h6,10,12-14,18,21H,3-5,7-9,11,15-16H2,1-2H3,(H,33,36). The van der Waals surface area contributed by atoms with Crippen molar-refractivity contribution < 1.29 is 18.3 Å². The number of halogens is 2. The van der Waals surface area contributed by atoms with Gasteiger partial charge in [-0.15, -0.1) is 0 Å². The van der Waals surface area contributed by atoms with Crippen LogP contribution in [-0.4, -0.2) is 28.0 Å². The average Bonchev–Trinajstić information content (AvgIpc) is 3.51. The molecule has 6 nitrogen and oxygen atoms in total. The SMILES string of the molecule is Cc1ccn2c(CC3CCCC(C)CCO3)c(-c3c(F)cc(NC(=O)CC4(C#N)CC4)cc3F)nc2c1. The molecule has 1 amide bonds. The number of hydrogen-bond acceptors (Lipinski definition) is 4. The molecule has 3 aromatic rings. The van der Waals surface area contributed by atoms with E-state index in [0.29, 0.717) is 43.1 Å². The van der Waals surface area contributed by atoms with Gasteiger partial charge >= 0.3 is 0 Å². The Bertz CT molecular complexity index is 1340. The molecule has 5 rings (SSSR count). The molecule has 2 aromatic heterocycles. The van der Waals surface area contributed by atoms with E-state index in [9.17, 15) is 10.1 Å². The number of carbonyl (C=O) groups is 1. The molecule has 1 aromatic carbocycles. The number of nitrogens with zero attached hydrogens (tertiary/aromatic N) is 3. The van der Waals surface area contributed by atoms with Crippen LogP contribution in [0.4, 0.5) is 14.5 Å². The summed E-state index contributed by atoms with van der Waals surface area (Å²) in [5.74, 6) is -1.39. The quantitative estimate of drug-likeness (QED) is 0.422. The zero-order chi connectivity index (χ0) is 26.2. The first kappa shape index (κ1) is 25.3. The number of aromatic nitrogens is 2. The predicted octanol–water partition coefficient (Wildman–Crippen LogP) is 6.36. The Morgan fingerprint density at radius 3 is 2.70 bits per heavy atom. The second-order valence-corrected chi connectivity index (χ2v) is 10.8. The largest absolute Gasteiger partial charge is 0.378 e. The van der Waals surface area contributed by atoms with Crippen molar-refractivity contribution in [3.63, 3.8) is 0 Å². The van der Waals surface area contributed by atoms with Gasteiger partial charge in [0.2, 0.25) is 5.91 Å². The van der Waals surface area contributed by atoms with Gasteiger partial charge in [-0.25, -0.2) is 13.8 Å². The lowest BCUT2D eigenvalue weighted by Gasteiger charge is -2.23. The molecule has 37 heavy (non-hydrogen) atoms. The Morgan fingerprint density at radius 1 is 1.24 bits per heavy atom. The third-order valence-electron chi connectivity index (χ3n) is 7.64. The van der Waals surface area contributed by atoms with Gasteiger partial charge in [0.15, 0.2) is 0 Å². The van der Waals surface area contributed by atoms with Crippen molar-refractivity contribution in [3.8, 4) is 17.3 Å². The highest BCUT2D eigenvalue weighted by Crippen LogP contribution is 2.48. The number of carbonyl (C=O) groups excluding carboxylic acids is 1. The molecular formula is C29H32F2N4O2. The molecular weight excluding hydrogens is 474 g/mol. The smallest absolute Gasteiger partial charge is 0.225 e. The summed E-state index contributed by atoms with van der Waals surface area (Å²) in [6.45, 7) is 4.85. The summed E-state index contributed by atoms with van der Waals surface area (Å²) < 4.78 is 39.0. The molecule has 2 aliphatic rings. The Kier molecular flexibility index (Phi) is 7.00. The Balaban J connectivity index is 1.46. The summed E-state index contributed by atoms with van der Waals surface area (Å²) in [6, 6.07) is 8.23. The van der Waals surface area contributed by atoms with Gasteiger partial charge < -0.3 is 14.5 Å². The molecule has 194 valence electrons. The average molecular weight is 507 g/mol. The summed E-state index contributed by atoms with van der Waals surface area (Å²) in [5, 5.41) is 11.8. The van der Waals surface area contributed by atoms with Gasteiger partial charge in [-0.2, -0.15) is 5.26 Å². The number of hydrogen-bond donors (Lipinski definition) is 1. The number of nitriles is 1. The Labute approximate surface area is 215 Å². The minimum absolute atomic E-state index is 0.0184. The van der Waals surface area contributed by atoms with Crippen LogP contribution in [0.3, 0.4) is 0 Å². The van der Waals surface area contributed by atoms with E-state index < -0.39 is 23.0 Å². The van der Waals surface area contributed by atoms with Crippen LogP contribution in [0.15, 0.2) is 30.5 Å². The van der Waals surface area contributed by atoms with Gasteiger partial charge in [-0.05, 0) is 68.4 Å². The van der Waals surface area contributed by atoms with Crippen LogP contribution in [-0.2, 0) is 16.0 Å². The fraction of sp³-hybridized carbons (Fsp3) is 0.483. The molecule has 1 saturated carbocycles. The van der Waals surface area contributed by atoms with Crippen molar-refractivity contribution in [2.45, 2.75) is 71.3 Å². The van der Waals surface area contributed by atoms with Crippen LogP contribution >= 0.6 is 0 Å². The van der Waals surface area contributed by atoms with E-state index in [2.05, 4.69) is 23.3 Å². The number of anilines is 1. The van der Waals surface area contributed by atoms with Crippen molar-refractivity contribution in [1.29, 1.82) is 5.26 Å². The highest BCUT2D eigenvalue weighted by Gasteiger charge is 2.44. The summed E-state index contributed by atoms with van der Waals surface area (Å²) in [6.07, 6.45) is 7.72. The Hall–Kier alpha value is -3.31. The van der Waals surface area contributed by atoms with E-state index in [4.69, 9.17) is 4.74 Å². The van der Waals surface area contributed by atoms with Crippen molar-refractivity contribution in [3.05, 3.63) is 53.4 Å². The van der Waals surface area contributed by atoms with Gasteiger partial charge in [0.25, 0.3) is 0 Å². The van der Waals surface area contributed by atoms with E-state index in [-0.39, 0.29) is 29.5 Å². The second kappa shape index (κ2) is 10.2. The van der Waals surface area contributed by atoms with E-state index >= 15 is 8.78 Å². The first-order chi connectivity index (χ1) is 17.8. The van der Waals surface area contributed by atoms with Gasteiger partial charge in [-0.3, -0.25) is 4.79 Å². The van der Waals surface area contributed by atoms with E-state index in [0.717, 1.165) is 43.4 Å². The molecule has 0 radical (unpaired) electrons. The molecule has 2 unspecified atom stereocenters. The summed E-state index contributed by atoms with van der Waals surface area (Å²) >= 11 is 0. The van der Waals surface area contributed by atoms with Crippen LogP contribution in [0, 0.1) is 41.2 Å². The molecule has 1 aliphatic heterocycles. The van der Waals surface area contributed by atoms with Crippen LogP contribution in [0.2, 0.25) is 0 Å². The number of aryl methyl sites for hydroxylation is 1. The van der Waals surface area contributed by atoms with Crippen molar-refractivity contribution in [1.82, 2.24) is 9.38 Å². The molecule has 0 spiro atoms. The van der Waals surface area contributed by atoms with Crippen molar-refractivity contribution in [2.75, 3.05) is 11.9 Å². The number of fused-ring (bicyclic) bond motifs is 1. The van der Waals surface area contributed by atoms with Crippen LogP contribution < -0.4 is 5.32 Å². The topological polar surface area (TPSA) is 79.4 Å². The van der Waals surface area contributed by atoms with Gasteiger partial charge in [0.05, 0.1) is 34.5 Å². The van der Waals surface area contributed by atoms with Crippen LogP contribution in [0.5, 0.6) is 0 Å². The summed E-state index contributed by atoms with van der Waals surface area (Å²) in [7, 11) is 0. The van der Waals surface area contributed by atoms with E-state index in [1.165, 1.54) is 0 Å². The number of pyridine rings is 1. The number of rotatable bonds is 6. The lowest BCUT2D eigenvalue weighted by Crippen LogP contribution is -2.22. The normalized spacial score (nSPS) is 21.2. The molecule has 1 N–H and O–H groups in total. The Morgan fingerprint density at radius 2 is 2.00 bits per heavy atom. The number of nitrogens with one attached hydrogen (secondary N) is 1. The molecule has 2 fully saturated rings. The van der Waals surface area contributed by atoms with Gasteiger partial charge in [-0.1, -0.05) is 19.8 Å². The zero-order valence-corrected chi connectivity index (χ0v) is 21.3. The highest BCUT2D eigenvalue weighted by molar-refractivity contribution is 5.92. The number of benzene rings is 1. The molecule has 8 heteroatoms. The maximum absolute atomic E-state index is 15.5. The molecule has 1 saturated heterocycles. The molecule has 0 bridgehead atoms. The molecule has 3 heterocycles. The molecule has 2 atom stereocenters. The fourth-order valence-electron chi connectivity index (χ4n) is 5.19. The zero-order valence-electron chi connectivity index (χ0n) is 21.3. The number of amides is 1. The minimum Gasteiger partial charge on any atom is -0.378 e.